The lowest BCUT2D eigenvalue weighted by atomic mass is 10.1. The predicted molar refractivity (Wildman–Crippen MR) is 55.9 cm³/mol. The van der Waals surface area contributed by atoms with Crippen molar-refractivity contribution in [1.82, 2.24) is 10.2 Å². The van der Waals surface area contributed by atoms with E-state index in [2.05, 4.69) is 17.1 Å². The molecular formula is C11H22N2. The Labute approximate surface area is 81.7 Å². The molecule has 2 heteroatoms. The van der Waals surface area contributed by atoms with Crippen LogP contribution in [0.25, 0.3) is 0 Å². The summed E-state index contributed by atoms with van der Waals surface area (Å²) < 4.78 is 0. The zero-order valence-corrected chi connectivity index (χ0v) is 8.76. The Morgan fingerprint density at radius 3 is 3.15 bits per heavy atom. The Morgan fingerprint density at radius 1 is 1.38 bits per heavy atom. The molecule has 76 valence electrons. The standard InChI is InChI=1S/C11H22N2/c1-2-3-8-13-9-7-12-10-5-4-6-11(10)13/h10-12H,2-9H2,1H3/t10-,11-/m0/s1. The molecule has 13 heavy (non-hydrogen) atoms. The highest BCUT2D eigenvalue weighted by atomic mass is 15.2. The average molecular weight is 182 g/mol. The Bertz CT molecular complexity index is 158. The fourth-order valence-corrected chi connectivity index (χ4v) is 2.81. The van der Waals surface area contributed by atoms with Crippen molar-refractivity contribution in [2.75, 3.05) is 19.6 Å². The molecule has 0 bridgehead atoms. The summed E-state index contributed by atoms with van der Waals surface area (Å²) in [5, 5.41) is 3.65. The molecule has 0 aromatic heterocycles. The van der Waals surface area contributed by atoms with Crippen LogP contribution in [-0.4, -0.2) is 36.6 Å². The highest BCUT2D eigenvalue weighted by Gasteiger charge is 2.33. The monoisotopic (exact) mass is 182 g/mol. The maximum Gasteiger partial charge on any atom is 0.0249 e. The van der Waals surface area contributed by atoms with Crippen LogP contribution < -0.4 is 5.32 Å². The number of piperazine rings is 1. The predicted octanol–water partition coefficient (Wildman–Crippen LogP) is 1.61. The molecule has 2 aliphatic rings. The highest BCUT2D eigenvalue weighted by molar-refractivity contribution is 4.93. The van der Waals surface area contributed by atoms with Crippen molar-refractivity contribution in [2.45, 2.75) is 51.1 Å². The minimum atomic E-state index is 0.825. The van der Waals surface area contributed by atoms with Crippen LogP contribution in [0, 0.1) is 0 Å². The van der Waals surface area contributed by atoms with E-state index in [9.17, 15) is 0 Å². The summed E-state index contributed by atoms with van der Waals surface area (Å²) in [5.74, 6) is 0. The van der Waals surface area contributed by atoms with Crippen molar-refractivity contribution in [3.05, 3.63) is 0 Å². The molecule has 0 amide bonds. The molecule has 2 atom stereocenters. The van der Waals surface area contributed by atoms with Crippen LogP contribution in [-0.2, 0) is 0 Å². The number of rotatable bonds is 3. The van der Waals surface area contributed by atoms with Gasteiger partial charge >= 0.3 is 0 Å². The third kappa shape index (κ3) is 2.05. The first-order valence-corrected chi connectivity index (χ1v) is 5.89. The Balaban J connectivity index is 1.86. The summed E-state index contributed by atoms with van der Waals surface area (Å²) >= 11 is 0. The van der Waals surface area contributed by atoms with E-state index in [1.165, 1.54) is 51.7 Å². The van der Waals surface area contributed by atoms with Gasteiger partial charge in [-0.25, -0.2) is 0 Å². The zero-order chi connectivity index (χ0) is 9.10. The quantitative estimate of drug-likeness (QED) is 0.713. The van der Waals surface area contributed by atoms with E-state index < -0.39 is 0 Å². The van der Waals surface area contributed by atoms with Crippen molar-refractivity contribution < 1.29 is 0 Å². The van der Waals surface area contributed by atoms with Crippen LogP contribution in [0.4, 0.5) is 0 Å². The van der Waals surface area contributed by atoms with Crippen molar-refractivity contribution in [2.24, 2.45) is 0 Å². The van der Waals surface area contributed by atoms with Gasteiger partial charge in [-0.05, 0) is 25.8 Å². The van der Waals surface area contributed by atoms with Crippen molar-refractivity contribution >= 4 is 0 Å². The Hall–Kier alpha value is -0.0800. The van der Waals surface area contributed by atoms with Gasteiger partial charge in [-0.2, -0.15) is 0 Å². The van der Waals surface area contributed by atoms with Gasteiger partial charge in [-0.3, -0.25) is 4.90 Å². The van der Waals surface area contributed by atoms with Gasteiger partial charge in [0.1, 0.15) is 0 Å². The molecule has 0 spiro atoms. The molecule has 2 fully saturated rings. The maximum absolute atomic E-state index is 3.65. The third-order valence-electron chi connectivity index (χ3n) is 3.55. The molecule has 1 N–H and O–H groups in total. The van der Waals surface area contributed by atoms with E-state index in [1.54, 1.807) is 0 Å². The van der Waals surface area contributed by atoms with E-state index in [0.29, 0.717) is 0 Å². The van der Waals surface area contributed by atoms with Crippen LogP contribution in [0.5, 0.6) is 0 Å². The van der Waals surface area contributed by atoms with E-state index in [4.69, 9.17) is 0 Å². The first-order valence-electron chi connectivity index (χ1n) is 5.89. The summed E-state index contributed by atoms with van der Waals surface area (Å²) in [4.78, 5) is 2.72. The number of fused-ring (bicyclic) bond motifs is 1. The van der Waals surface area contributed by atoms with Gasteiger partial charge < -0.3 is 5.32 Å². The van der Waals surface area contributed by atoms with Crippen LogP contribution in [0.1, 0.15) is 39.0 Å². The van der Waals surface area contributed by atoms with Crippen LogP contribution in [0.15, 0.2) is 0 Å². The minimum Gasteiger partial charge on any atom is -0.311 e. The van der Waals surface area contributed by atoms with E-state index in [-0.39, 0.29) is 0 Å². The first-order chi connectivity index (χ1) is 6.42. The van der Waals surface area contributed by atoms with E-state index >= 15 is 0 Å². The molecular weight excluding hydrogens is 160 g/mol. The third-order valence-corrected chi connectivity index (χ3v) is 3.55. The molecule has 1 heterocycles. The van der Waals surface area contributed by atoms with Gasteiger partial charge in [0.2, 0.25) is 0 Å². The van der Waals surface area contributed by atoms with Crippen LogP contribution in [0.2, 0.25) is 0 Å². The molecule has 1 aliphatic carbocycles. The van der Waals surface area contributed by atoms with Crippen molar-refractivity contribution in [3.8, 4) is 0 Å². The molecule has 0 aromatic rings. The van der Waals surface area contributed by atoms with Crippen LogP contribution >= 0.6 is 0 Å². The molecule has 2 nitrogen and oxygen atoms in total. The topological polar surface area (TPSA) is 15.3 Å². The summed E-state index contributed by atoms with van der Waals surface area (Å²) in [6.45, 7) is 6.11. The Morgan fingerprint density at radius 2 is 2.31 bits per heavy atom. The highest BCUT2D eigenvalue weighted by Crippen LogP contribution is 2.26. The van der Waals surface area contributed by atoms with E-state index in [1.807, 2.05) is 0 Å². The molecule has 0 unspecified atom stereocenters. The largest absolute Gasteiger partial charge is 0.311 e. The molecule has 0 aromatic carbocycles. The van der Waals surface area contributed by atoms with Gasteiger partial charge in [0, 0.05) is 25.2 Å². The second-order valence-corrected chi connectivity index (χ2v) is 4.45. The van der Waals surface area contributed by atoms with Crippen molar-refractivity contribution in [3.63, 3.8) is 0 Å². The van der Waals surface area contributed by atoms with Gasteiger partial charge in [0.25, 0.3) is 0 Å². The summed E-state index contributed by atoms with van der Waals surface area (Å²) in [7, 11) is 0. The van der Waals surface area contributed by atoms with Crippen LogP contribution in [0.3, 0.4) is 0 Å². The SMILES string of the molecule is CCCCN1CCN[C@H]2CCC[C@@H]21. The normalized spacial score (nSPS) is 34.8. The number of unbranched alkanes of at least 4 members (excludes halogenated alkanes) is 1. The van der Waals surface area contributed by atoms with Gasteiger partial charge in [0.15, 0.2) is 0 Å². The number of nitrogens with zero attached hydrogens (tertiary/aromatic N) is 1. The number of hydrogen-bond acceptors (Lipinski definition) is 2. The zero-order valence-electron chi connectivity index (χ0n) is 8.76. The minimum absolute atomic E-state index is 0.825. The average Bonchev–Trinajstić information content (AvgIpc) is 2.62. The second-order valence-electron chi connectivity index (χ2n) is 4.45. The number of nitrogens with one attached hydrogen (secondary N) is 1. The molecule has 1 saturated carbocycles. The van der Waals surface area contributed by atoms with E-state index in [0.717, 1.165) is 12.1 Å². The second kappa shape index (κ2) is 4.43. The molecule has 0 radical (unpaired) electrons. The summed E-state index contributed by atoms with van der Waals surface area (Å²) in [6, 6.07) is 1.70. The number of hydrogen-bond donors (Lipinski definition) is 1. The lowest BCUT2D eigenvalue weighted by molar-refractivity contribution is 0.135. The smallest absolute Gasteiger partial charge is 0.0249 e. The summed E-state index contributed by atoms with van der Waals surface area (Å²) in [5.41, 5.74) is 0. The molecule has 1 saturated heterocycles. The fraction of sp³-hybridized carbons (Fsp3) is 1.00. The Kier molecular flexibility index (Phi) is 3.23. The lowest BCUT2D eigenvalue weighted by Gasteiger charge is -2.38. The lowest BCUT2D eigenvalue weighted by Crippen LogP contribution is -2.55. The van der Waals surface area contributed by atoms with Gasteiger partial charge in [-0.1, -0.05) is 19.8 Å². The van der Waals surface area contributed by atoms with Gasteiger partial charge in [0.05, 0.1) is 0 Å². The maximum atomic E-state index is 3.65. The van der Waals surface area contributed by atoms with Gasteiger partial charge in [-0.15, -0.1) is 0 Å². The molecule has 1 aliphatic heterocycles. The first kappa shape index (κ1) is 9.47. The fourth-order valence-electron chi connectivity index (χ4n) is 2.81. The molecule has 2 rings (SSSR count). The van der Waals surface area contributed by atoms with Crippen molar-refractivity contribution in [1.29, 1.82) is 0 Å². The summed E-state index contributed by atoms with van der Waals surface area (Å²) in [6.07, 6.45) is 6.99.